The Bertz CT molecular complexity index is 1180. The van der Waals surface area contributed by atoms with Crippen LogP contribution in [-0.4, -0.2) is 32.2 Å². The molecule has 1 amide bonds. The van der Waals surface area contributed by atoms with Gasteiger partial charge >= 0.3 is 0 Å². The van der Waals surface area contributed by atoms with Crippen LogP contribution in [0.2, 0.25) is 0 Å². The largest absolute Gasteiger partial charge is 0.348 e. The summed E-state index contributed by atoms with van der Waals surface area (Å²) in [5.74, 6) is -0.348. The van der Waals surface area contributed by atoms with Gasteiger partial charge < -0.3 is 5.32 Å². The molecule has 0 saturated carbocycles. The summed E-state index contributed by atoms with van der Waals surface area (Å²) in [4.78, 5) is 12.7. The predicted octanol–water partition coefficient (Wildman–Crippen LogP) is 4.64. The van der Waals surface area contributed by atoms with Gasteiger partial charge in [0.1, 0.15) is 0 Å². The molecule has 31 heavy (non-hydrogen) atoms. The Morgan fingerprint density at radius 1 is 0.968 bits per heavy atom. The molecule has 0 aliphatic heterocycles. The van der Waals surface area contributed by atoms with Crippen LogP contribution in [0.4, 0.5) is 0 Å². The number of amides is 1. The second kappa shape index (κ2) is 8.81. The second-order valence-electron chi connectivity index (χ2n) is 8.93. The summed E-state index contributed by atoms with van der Waals surface area (Å²) in [6.45, 7) is 8.10. The summed E-state index contributed by atoms with van der Waals surface area (Å²) in [6, 6.07) is 20.5. The maximum absolute atomic E-state index is 12.9. The highest BCUT2D eigenvalue weighted by atomic mass is 32.2. The van der Waals surface area contributed by atoms with Crippen molar-refractivity contribution in [2.24, 2.45) is 0 Å². The molecule has 0 aliphatic rings. The fourth-order valence-corrected chi connectivity index (χ4v) is 4.60. The molecule has 164 valence electrons. The highest BCUT2D eigenvalue weighted by Crippen LogP contribution is 2.24. The van der Waals surface area contributed by atoms with Gasteiger partial charge in [-0.15, -0.1) is 0 Å². The molecule has 0 fully saturated rings. The van der Waals surface area contributed by atoms with Crippen LogP contribution in [0.5, 0.6) is 0 Å². The van der Waals surface area contributed by atoms with E-state index in [1.54, 1.807) is 18.2 Å². The molecule has 0 aromatic heterocycles. The van der Waals surface area contributed by atoms with Crippen molar-refractivity contribution in [3.05, 3.63) is 77.9 Å². The molecule has 3 rings (SSSR count). The Labute approximate surface area is 185 Å². The van der Waals surface area contributed by atoms with Gasteiger partial charge in [0.25, 0.3) is 0 Å². The fraction of sp³-hybridized carbons (Fsp3) is 0.320. The quantitative estimate of drug-likeness (QED) is 0.610. The Morgan fingerprint density at radius 3 is 2.19 bits per heavy atom. The summed E-state index contributed by atoms with van der Waals surface area (Å²) >= 11 is 0. The summed E-state index contributed by atoms with van der Waals surface area (Å²) in [5.41, 5.74) is 2.25. The minimum Gasteiger partial charge on any atom is -0.348 e. The molecule has 5 nitrogen and oxygen atoms in total. The lowest BCUT2D eigenvalue weighted by Crippen LogP contribution is -2.39. The zero-order chi connectivity index (χ0) is 22.8. The maximum Gasteiger partial charge on any atom is 0.243 e. The second-order valence-corrected chi connectivity index (χ2v) is 11.0. The topological polar surface area (TPSA) is 66.5 Å². The van der Waals surface area contributed by atoms with E-state index in [-0.39, 0.29) is 28.8 Å². The molecular weight excluding hydrogens is 408 g/mol. The first-order valence-electron chi connectivity index (χ1n) is 10.3. The van der Waals surface area contributed by atoms with E-state index >= 15 is 0 Å². The van der Waals surface area contributed by atoms with Crippen molar-refractivity contribution in [1.82, 2.24) is 9.62 Å². The van der Waals surface area contributed by atoms with Crippen LogP contribution >= 0.6 is 0 Å². The molecule has 1 N–H and O–H groups in total. The number of nitrogens with zero attached hydrogens (tertiary/aromatic N) is 1. The monoisotopic (exact) mass is 438 g/mol. The van der Waals surface area contributed by atoms with Gasteiger partial charge in [-0.2, -0.15) is 4.31 Å². The average molecular weight is 439 g/mol. The molecule has 0 heterocycles. The molecule has 0 bridgehead atoms. The highest BCUT2D eigenvalue weighted by molar-refractivity contribution is 7.89. The zero-order valence-electron chi connectivity index (χ0n) is 18.7. The van der Waals surface area contributed by atoms with Crippen molar-refractivity contribution >= 4 is 26.7 Å². The number of nitrogens with one attached hydrogen (secondary N) is 1. The smallest absolute Gasteiger partial charge is 0.243 e. The van der Waals surface area contributed by atoms with Crippen LogP contribution in [0.15, 0.2) is 71.6 Å². The normalized spacial score (nSPS) is 13.4. The molecule has 0 radical (unpaired) electrons. The van der Waals surface area contributed by atoms with Crippen LogP contribution in [-0.2, 0) is 20.2 Å². The van der Waals surface area contributed by atoms with Crippen molar-refractivity contribution in [2.45, 2.75) is 44.0 Å². The van der Waals surface area contributed by atoms with E-state index in [2.05, 4.69) is 38.2 Å². The lowest BCUT2D eigenvalue weighted by atomic mass is 9.86. The number of sulfonamides is 1. The van der Waals surface area contributed by atoms with Crippen molar-refractivity contribution in [3.8, 4) is 0 Å². The summed E-state index contributed by atoms with van der Waals surface area (Å²) in [6.07, 6.45) is 0. The Kier molecular flexibility index (Phi) is 6.53. The average Bonchev–Trinajstić information content (AvgIpc) is 2.72. The SMILES string of the molecule is CC(NC(=O)CN(C)S(=O)(=O)c1ccc2ccccc2c1)c1ccc(C(C)(C)C)cc1. The van der Waals surface area contributed by atoms with Crippen LogP contribution in [0.3, 0.4) is 0 Å². The van der Waals surface area contributed by atoms with E-state index in [4.69, 9.17) is 0 Å². The van der Waals surface area contributed by atoms with E-state index in [0.717, 1.165) is 20.6 Å². The number of likely N-dealkylation sites (N-methyl/N-ethyl adjacent to an activating group) is 1. The molecule has 1 atom stereocenters. The minimum atomic E-state index is -3.78. The van der Waals surface area contributed by atoms with Gasteiger partial charge in [0.2, 0.25) is 15.9 Å². The first kappa shape index (κ1) is 23.0. The Balaban J connectivity index is 1.67. The van der Waals surface area contributed by atoms with Crippen LogP contribution in [0, 0.1) is 0 Å². The maximum atomic E-state index is 12.9. The molecule has 0 saturated heterocycles. The van der Waals surface area contributed by atoms with Crippen LogP contribution < -0.4 is 5.32 Å². The van der Waals surface area contributed by atoms with Crippen molar-refractivity contribution in [2.75, 3.05) is 13.6 Å². The standard InChI is InChI=1S/C25H30N2O3S/c1-18(19-10-13-22(14-11-19)25(2,3)4)26-24(28)17-27(5)31(29,30)23-15-12-20-8-6-7-9-21(20)16-23/h6-16,18H,17H2,1-5H3,(H,26,28). The number of carbonyl (C=O) groups excluding carboxylic acids is 1. The number of carbonyl (C=O) groups is 1. The van der Waals surface area contributed by atoms with Gasteiger partial charge in [0.05, 0.1) is 17.5 Å². The van der Waals surface area contributed by atoms with Gasteiger partial charge in [-0.05, 0) is 46.4 Å². The molecular formula is C25H30N2O3S. The molecule has 0 aliphatic carbocycles. The molecule has 0 spiro atoms. The van der Waals surface area contributed by atoms with Gasteiger partial charge in [-0.25, -0.2) is 8.42 Å². The number of hydrogen-bond acceptors (Lipinski definition) is 3. The number of fused-ring (bicyclic) bond motifs is 1. The van der Waals surface area contributed by atoms with Gasteiger partial charge in [-0.1, -0.05) is 75.4 Å². The first-order chi connectivity index (χ1) is 14.5. The van der Waals surface area contributed by atoms with E-state index < -0.39 is 10.0 Å². The van der Waals surface area contributed by atoms with E-state index in [1.807, 2.05) is 43.3 Å². The van der Waals surface area contributed by atoms with E-state index in [1.165, 1.54) is 12.6 Å². The number of hydrogen-bond donors (Lipinski definition) is 1. The number of benzene rings is 3. The molecule has 3 aromatic rings. The van der Waals surface area contributed by atoms with E-state index in [9.17, 15) is 13.2 Å². The molecule has 1 unspecified atom stereocenters. The molecule has 6 heteroatoms. The number of rotatable bonds is 6. The van der Waals surface area contributed by atoms with Crippen molar-refractivity contribution in [3.63, 3.8) is 0 Å². The van der Waals surface area contributed by atoms with Crippen molar-refractivity contribution in [1.29, 1.82) is 0 Å². The molecule has 3 aromatic carbocycles. The fourth-order valence-electron chi connectivity index (χ4n) is 3.44. The van der Waals surface area contributed by atoms with Crippen LogP contribution in [0.1, 0.15) is 44.9 Å². The Hall–Kier alpha value is -2.70. The minimum absolute atomic E-state index is 0.0604. The van der Waals surface area contributed by atoms with Crippen LogP contribution in [0.25, 0.3) is 10.8 Å². The van der Waals surface area contributed by atoms with Crippen molar-refractivity contribution < 1.29 is 13.2 Å². The third-order valence-electron chi connectivity index (χ3n) is 5.45. The van der Waals surface area contributed by atoms with E-state index in [0.29, 0.717) is 0 Å². The zero-order valence-corrected chi connectivity index (χ0v) is 19.5. The summed E-state index contributed by atoms with van der Waals surface area (Å²) in [7, 11) is -2.35. The van der Waals surface area contributed by atoms with Gasteiger partial charge in [0, 0.05) is 7.05 Å². The van der Waals surface area contributed by atoms with Gasteiger partial charge in [0.15, 0.2) is 0 Å². The third kappa shape index (κ3) is 5.32. The summed E-state index contributed by atoms with van der Waals surface area (Å²) in [5, 5.41) is 4.70. The Morgan fingerprint density at radius 2 is 1.58 bits per heavy atom. The highest BCUT2D eigenvalue weighted by Gasteiger charge is 2.24. The lowest BCUT2D eigenvalue weighted by Gasteiger charge is -2.22. The predicted molar refractivity (Wildman–Crippen MR) is 125 cm³/mol. The third-order valence-corrected chi connectivity index (χ3v) is 7.25. The van der Waals surface area contributed by atoms with Gasteiger partial charge in [-0.3, -0.25) is 4.79 Å². The first-order valence-corrected chi connectivity index (χ1v) is 11.8. The summed E-state index contributed by atoms with van der Waals surface area (Å²) < 4.78 is 27.0. The lowest BCUT2D eigenvalue weighted by molar-refractivity contribution is -0.121.